The number of rotatable bonds is 1. The zero-order valence-corrected chi connectivity index (χ0v) is 7.59. The number of hydrogen-bond donors (Lipinski definition) is 0. The Labute approximate surface area is 77.1 Å². The highest BCUT2D eigenvalue weighted by molar-refractivity contribution is 6.03. The summed E-state index contributed by atoms with van der Waals surface area (Å²) < 4.78 is 5.12. The molecule has 64 valence electrons. The summed E-state index contributed by atoms with van der Waals surface area (Å²) in [5, 5.41) is 8.73. The molecule has 13 heavy (non-hydrogen) atoms. The molecular formula is C11H9NO. The fourth-order valence-electron chi connectivity index (χ4n) is 1.53. The molecule has 2 heteroatoms. The lowest BCUT2D eigenvalue weighted by Gasteiger charge is -2.18. The van der Waals surface area contributed by atoms with E-state index in [1.807, 2.05) is 25.1 Å². The number of ether oxygens (including phenoxy) is 1. The molecule has 0 N–H and O–H groups in total. The standard InChI is InChI=1S/C11H9NO/c1-7-3-9(13-2)5-11-8(6-12)4-10(7)11/h3-5H,1-2H3. The molecule has 1 aromatic carbocycles. The first-order chi connectivity index (χ1) is 6.26. The maximum Gasteiger partial charge on any atom is 0.119 e. The fraction of sp³-hybridized carbons (Fsp3) is 0.182. The summed E-state index contributed by atoms with van der Waals surface area (Å²) in [5.74, 6) is 0.817. The van der Waals surface area contributed by atoms with Crippen LogP contribution in [0.4, 0.5) is 0 Å². The monoisotopic (exact) mass is 171 g/mol. The van der Waals surface area contributed by atoms with E-state index in [-0.39, 0.29) is 0 Å². The number of hydrogen-bond acceptors (Lipinski definition) is 2. The summed E-state index contributed by atoms with van der Waals surface area (Å²) in [6, 6.07) is 6.02. The van der Waals surface area contributed by atoms with Crippen molar-refractivity contribution >= 4 is 11.6 Å². The zero-order valence-electron chi connectivity index (χ0n) is 7.59. The van der Waals surface area contributed by atoms with Crippen molar-refractivity contribution in [3.8, 4) is 11.8 Å². The zero-order chi connectivity index (χ0) is 9.42. The number of nitrogens with zero attached hydrogens (tertiary/aromatic N) is 1. The average Bonchev–Trinajstić information content (AvgIpc) is 2.09. The van der Waals surface area contributed by atoms with Crippen molar-refractivity contribution in [3.05, 3.63) is 28.8 Å². The highest BCUT2D eigenvalue weighted by atomic mass is 16.5. The van der Waals surface area contributed by atoms with Gasteiger partial charge in [-0.3, -0.25) is 0 Å². The van der Waals surface area contributed by atoms with E-state index in [0.29, 0.717) is 0 Å². The molecule has 0 radical (unpaired) electrons. The van der Waals surface area contributed by atoms with Crippen molar-refractivity contribution in [2.24, 2.45) is 0 Å². The van der Waals surface area contributed by atoms with Crippen molar-refractivity contribution < 1.29 is 4.74 Å². The number of nitriles is 1. The van der Waals surface area contributed by atoms with E-state index < -0.39 is 0 Å². The van der Waals surface area contributed by atoms with Crippen LogP contribution in [0.1, 0.15) is 16.7 Å². The molecule has 1 aliphatic carbocycles. The van der Waals surface area contributed by atoms with Crippen LogP contribution in [0.5, 0.6) is 5.75 Å². The van der Waals surface area contributed by atoms with Gasteiger partial charge in [0.25, 0.3) is 0 Å². The van der Waals surface area contributed by atoms with Crippen molar-refractivity contribution in [1.29, 1.82) is 5.26 Å². The van der Waals surface area contributed by atoms with Crippen LogP contribution in [0.15, 0.2) is 12.1 Å². The first-order valence-electron chi connectivity index (χ1n) is 4.07. The lowest BCUT2D eigenvalue weighted by molar-refractivity contribution is 0.414. The number of benzene rings is 1. The summed E-state index contributed by atoms with van der Waals surface area (Å²) in [5.41, 5.74) is 4.09. The number of fused-ring (bicyclic) bond motifs is 1. The van der Waals surface area contributed by atoms with E-state index in [1.165, 1.54) is 0 Å². The first kappa shape index (κ1) is 7.88. The average molecular weight is 171 g/mol. The SMILES string of the molecule is COc1cc(C)c2c(c1)C(C#N)=C2. The summed E-state index contributed by atoms with van der Waals surface area (Å²) >= 11 is 0. The molecule has 1 aliphatic rings. The third-order valence-electron chi connectivity index (χ3n) is 2.30. The minimum Gasteiger partial charge on any atom is -0.497 e. The van der Waals surface area contributed by atoms with Gasteiger partial charge in [0.2, 0.25) is 0 Å². The second-order valence-corrected chi connectivity index (χ2v) is 3.08. The Bertz CT molecular complexity index is 438. The molecule has 2 rings (SSSR count). The van der Waals surface area contributed by atoms with Crippen LogP contribution in [-0.2, 0) is 0 Å². The topological polar surface area (TPSA) is 33.0 Å². The third kappa shape index (κ3) is 1.01. The third-order valence-corrected chi connectivity index (χ3v) is 2.30. The van der Waals surface area contributed by atoms with E-state index in [2.05, 4.69) is 6.07 Å². The minimum atomic E-state index is 0.747. The largest absolute Gasteiger partial charge is 0.497 e. The highest BCUT2D eigenvalue weighted by Crippen LogP contribution is 2.36. The van der Waals surface area contributed by atoms with Crippen LogP contribution in [0.25, 0.3) is 11.6 Å². The molecule has 0 aliphatic heterocycles. The molecule has 0 amide bonds. The molecule has 0 fully saturated rings. The maximum absolute atomic E-state index is 8.73. The molecule has 0 heterocycles. The summed E-state index contributed by atoms with van der Waals surface area (Å²) in [6.07, 6.45) is 1.91. The minimum absolute atomic E-state index is 0.747. The highest BCUT2D eigenvalue weighted by Gasteiger charge is 2.18. The molecule has 0 spiro atoms. The van der Waals surface area contributed by atoms with Gasteiger partial charge >= 0.3 is 0 Å². The Hall–Kier alpha value is -1.75. The van der Waals surface area contributed by atoms with E-state index in [1.54, 1.807) is 7.11 Å². The Morgan fingerprint density at radius 3 is 2.77 bits per heavy atom. The van der Waals surface area contributed by atoms with Gasteiger partial charge in [0, 0.05) is 5.56 Å². The molecule has 0 bridgehead atoms. The van der Waals surface area contributed by atoms with Gasteiger partial charge in [-0.1, -0.05) is 0 Å². The lowest BCUT2D eigenvalue weighted by atomic mass is 9.86. The normalized spacial score (nSPS) is 12.2. The molecule has 1 aromatic rings. The van der Waals surface area contributed by atoms with Gasteiger partial charge in [0.05, 0.1) is 18.8 Å². The molecule has 2 nitrogen and oxygen atoms in total. The van der Waals surface area contributed by atoms with Crippen molar-refractivity contribution in [3.63, 3.8) is 0 Å². The number of aryl methyl sites for hydroxylation is 1. The molecule has 0 saturated carbocycles. The van der Waals surface area contributed by atoms with E-state index >= 15 is 0 Å². The van der Waals surface area contributed by atoms with E-state index in [0.717, 1.165) is 28.0 Å². The van der Waals surface area contributed by atoms with Gasteiger partial charge in [-0.2, -0.15) is 5.26 Å². The van der Waals surface area contributed by atoms with Gasteiger partial charge in [-0.15, -0.1) is 0 Å². The number of allylic oxidation sites excluding steroid dienone is 1. The van der Waals surface area contributed by atoms with Crippen LogP contribution < -0.4 is 4.74 Å². The Balaban J connectivity index is 2.54. The summed E-state index contributed by atoms with van der Waals surface area (Å²) in [4.78, 5) is 0. The first-order valence-corrected chi connectivity index (χ1v) is 4.07. The smallest absolute Gasteiger partial charge is 0.119 e. The Morgan fingerprint density at radius 2 is 2.15 bits per heavy atom. The molecule has 0 atom stereocenters. The lowest BCUT2D eigenvalue weighted by Crippen LogP contribution is -2.01. The van der Waals surface area contributed by atoms with E-state index in [9.17, 15) is 0 Å². The predicted molar refractivity (Wildman–Crippen MR) is 51.2 cm³/mol. The second-order valence-electron chi connectivity index (χ2n) is 3.08. The van der Waals surface area contributed by atoms with Crippen molar-refractivity contribution in [1.82, 2.24) is 0 Å². The van der Waals surface area contributed by atoms with Crippen molar-refractivity contribution in [2.75, 3.05) is 7.11 Å². The van der Waals surface area contributed by atoms with Gasteiger partial charge < -0.3 is 4.74 Å². The number of methoxy groups -OCH3 is 1. The summed E-state index contributed by atoms with van der Waals surface area (Å²) in [6.45, 7) is 2.02. The van der Waals surface area contributed by atoms with E-state index in [4.69, 9.17) is 10.00 Å². The van der Waals surface area contributed by atoms with Gasteiger partial charge in [-0.05, 0) is 36.3 Å². The van der Waals surface area contributed by atoms with Crippen LogP contribution >= 0.6 is 0 Å². The van der Waals surface area contributed by atoms with Gasteiger partial charge in [-0.25, -0.2) is 0 Å². The van der Waals surface area contributed by atoms with Crippen molar-refractivity contribution in [2.45, 2.75) is 6.92 Å². The molecule has 0 aromatic heterocycles. The maximum atomic E-state index is 8.73. The van der Waals surface area contributed by atoms with Crippen LogP contribution in [0.2, 0.25) is 0 Å². The van der Waals surface area contributed by atoms with Crippen LogP contribution in [0, 0.1) is 18.3 Å². The van der Waals surface area contributed by atoms with Crippen LogP contribution in [-0.4, -0.2) is 7.11 Å². The van der Waals surface area contributed by atoms with Gasteiger partial charge in [0.1, 0.15) is 5.75 Å². The van der Waals surface area contributed by atoms with Gasteiger partial charge in [0.15, 0.2) is 0 Å². The quantitative estimate of drug-likeness (QED) is 0.649. The second kappa shape index (κ2) is 2.63. The Kier molecular flexibility index (Phi) is 1.60. The predicted octanol–water partition coefficient (Wildman–Crippen LogP) is 2.38. The fourth-order valence-corrected chi connectivity index (χ4v) is 1.53. The van der Waals surface area contributed by atoms with Crippen LogP contribution in [0.3, 0.4) is 0 Å². The molecular weight excluding hydrogens is 162 g/mol. The molecule has 0 unspecified atom stereocenters. The Morgan fingerprint density at radius 1 is 1.38 bits per heavy atom. The molecule has 0 saturated heterocycles. The summed E-state index contributed by atoms with van der Waals surface area (Å²) in [7, 11) is 1.63.